The summed E-state index contributed by atoms with van der Waals surface area (Å²) in [6.07, 6.45) is 3.19. The number of ether oxygens (including phenoxy) is 2. The van der Waals surface area contributed by atoms with Gasteiger partial charge in [0.1, 0.15) is 12.4 Å². The fourth-order valence-electron chi connectivity index (χ4n) is 2.50. The summed E-state index contributed by atoms with van der Waals surface area (Å²) in [5.74, 6) is 0.496. The van der Waals surface area contributed by atoms with Gasteiger partial charge in [-0.05, 0) is 48.9 Å². The van der Waals surface area contributed by atoms with Crippen LogP contribution in [0.15, 0.2) is 54.9 Å². The van der Waals surface area contributed by atoms with Gasteiger partial charge < -0.3 is 14.8 Å². The predicted octanol–water partition coefficient (Wildman–Crippen LogP) is 4.11. The van der Waals surface area contributed by atoms with Crippen molar-refractivity contribution in [3.8, 4) is 11.4 Å². The molecule has 0 aliphatic heterocycles. The Kier molecular flexibility index (Phi) is 6.11. The van der Waals surface area contributed by atoms with Gasteiger partial charge in [0, 0.05) is 24.0 Å². The SMILES string of the molecule is COCCOc1ccc(NC(=O)c2cnn(-c3cccc(Cl)c3)c2)c(C)c1. The zero-order chi connectivity index (χ0) is 19.2. The third-order valence-electron chi connectivity index (χ3n) is 3.92. The maximum atomic E-state index is 12.5. The molecule has 1 N–H and O–H groups in total. The topological polar surface area (TPSA) is 65.4 Å². The molecule has 0 radical (unpaired) electrons. The van der Waals surface area contributed by atoms with Gasteiger partial charge in [0.05, 0.1) is 24.1 Å². The monoisotopic (exact) mass is 385 g/mol. The quantitative estimate of drug-likeness (QED) is 0.621. The Labute approximate surface area is 162 Å². The molecule has 3 aromatic rings. The van der Waals surface area contributed by atoms with Crippen molar-refractivity contribution in [3.05, 3.63) is 71.0 Å². The number of nitrogens with one attached hydrogen (secondary N) is 1. The van der Waals surface area contributed by atoms with Crippen LogP contribution in [-0.4, -0.2) is 36.0 Å². The molecule has 1 amide bonds. The molecule has 0 unspecified atom stereocenters. The van der Waals surface area contributed by atoms with E-state index in [9.17, 15) is 4.79 Å². The Morgan fingerprint density at radius 3 is 2.81 bits per heavy atom. The van der Waals surface area contributed by atoms with Crippen LogP contribution >= 0.6 is 11.6 Å². The number of aromatic nitrogens is 2. The average molecular weight is 386 g/mol. The highest BCUT2D eigenvalue weighted by Gasteiger charge is 2.12. The van der Waals surface area contributed by atoms with E-state index in [-0.39, 0.29) is 5.91 Å². The van der Waals surface area contributed by atoms with Crippen molar-refractivity contribution in [2.45, 2.75) is 6.92 Å². The maximum absolute atomic E-state index is 12.5. The molecule has 0 aliphatic carbocycles. The van der Waals surface area contributed by atoms with Crippen LogP contribution < -0.4 is 10.1 Å². The van der Waals surface area contributed by atoms with Crippen LogP contribution in [0, 0.1) is 6.92 Å². The van der Waals surface area contributed by atoms with Crippen LogP contribution in [0.5, 0.6) is 5.75 Å². The van der Waals surface area contributed by atoms with E-state index in [1.165, 1.54) is 6.20 Å². The molecule has 0 saturated heterocycles. The number of aryl methyl sites for hydroxylation is 1. The van der Waals surface area contributed by atoms with Crippen molar-refractivity contribution in [3.63, 3.8) is 0 Å². The van der Waals surface area contributed by atoms with Gasteiger partial charge in [-0.1, -0.05) is 17.7 Å². The lowest BCUT2D eigenvalue weighted by Crippen LogP contribution is -2.12. The summed E-state index contributed by atoms with van der Waals surface area (Å²) in [5, 5.41) is 7.74. The van der Waals surface area contributed by atoms with Crippen molar-refractivity contribution >= 4 is 23.2 Å². The molecule has 6 nitrogen and oxygen atoms in total. The first-order valence-corrected chi connectivity index (χ1v) is 8.79. The van der Waals surface area contributed by atoms with Crippen molar-refractivity contribution in [2.75, 3.05) is 25.6 Å². The molecular formula is C20H20ClN3O3. The number of rotatable bonds is 7. The van der Waals surface area contributed by atoms with Crippen molar-refractivity contribution in [1.29, 1.82) is 0 Å². The second-order valence-corrected chi connectivity index (χ2v) is 6.36. The number of benzene rings is 2. The Bertz CT molecular complexity index is 940. The number of methoxy groups -OCH3 is 1. The second-order valence-electron chi connectivity index (χ2n) is 5.93. The Hall–Kier alpha value is -2.83. The summed E-state index contributed by atoms with van der Waals surface area (Å²) in [6, 6.07) is 12.8. The normalized spacial score (nSPS) is 10.6. The largest absolute Gasteiger partial charge is 0.491 e. The molecule has 0 aliphatic rings. The van der Waals surface area contributed by atoms with E-state index in [1.807, 2.05) is 37.3 Å². The number of hydrogen-bond acceptors (Lipinski definition) is 4. The van der Waals surface area contributed by atoms with Gasteiger partial charge in [0.2, 0.25) is 0 Å². The summed E-state index contributed by atoms with van der Waals surface area (Å²) >= 11 is 6.00. The molecule has 0 atom stereocenters. The number of carbonyl (C=O) groups is 1. The lowest BCUT2D eigenvalue weighted by atomic mass is 10.2. The van der Waals surface area contributed by atoms with Crippen LogP contribution in [0.3, 0.4) is 0 Å². The minimum atomic E-state index is -0.237. The number of halogens is 1. The molecule has 27 heavy (non-hydrogen) atoms. The lowest BCUT2D eigenvalue weighted by molar-refractivity contribution is 0.102. The number of anilines is 1. The molecule has 0 bridgehead atoms. The van der Waals surface area contributed by atoms with Crippen LogP contribution in [0.4, 0.5) is 5.69 Å². The lowest BCUT2D eigenvalue weighted by Gasteiger charge is -2.10. The summed E-state index contributed by atoms with van der Waals surface area (Å²) in [4.78, 5) is 12.5. The van der Waals surface area contributed by atoms with E-state index in [2.05, 4.69) is 10.4 Å². The fourth-order valence-corrected chi connectivity index (χ4v) is 2.69. The molecule has 0 spiro atoms. The number of amides is 1. The van der Waals surface area contributed by atoms with Gasteiger partial charge >= 0.3 is 0 Å². The summed E-state index contributed by atoms with van der Waals surface area (Å²) < 4.78 is 12.1. The fraction of sp³-hybridized carbons (Fsp3) is 0.200. The maximum Gasteiger partial charge on any atom is 0.258 e. The zero-order valence-electron chi connectivity index (χ0n) is 15.1. The molecule has 7 heteroatoms. The molecule has 1 aromatic heterocycles. The average Bonchev–Trinajstić information content (AvgIpc) is 3.14. The Balaban J connectivity index is 1.69. The first-order chi connectivity index (χ1) is 13.1. The van der Waals surface area contributed by atoms with Gasteiger partial charge in [0.15, 0.2) is 0 Å². The van der Waals surface area contributed by atoms with Gasteiger partial charge in [0.25, 0.3) is 5.91 Å². The Morgan fingerprint density at radius 1 is 1.22 bits per heavy atom. The Morgan fingerprint density at radius 2 is 2.07 bits per heavy atom. The van der Waals surface area contributed by atoms with E-state index in [0.29, 0.717) is 23.8 Å². The molecule has 140 valence electrons. The van der Waals surface area contributed by atoms with Crippen LogP contribution in [0.2, 0.25) is 5.02 Å². The van der Waals surface area contributed by atoms with Gasteiger partial charge in [-0.25, -0.2) is 4.68 Å². The van der Waals surface area contributed by atoms with E-state index < -0.39 is 0 Å². The van der Waals surface area contributed by atoms with Gasteiger partial charge in [-0.3, -0.25) is 4.79 Å². The van der Waals surface area contributed by atoms with Crippen LogP contribution in [0.1, 0.15) is 15.9 Å². The summed E-state index contributed by atoms with van der Waals surface area (Å²) in [7, 11) is 1.63. The molecule has 1 heterocycles. The van der Waals surface area contributed by atoms with Crippen molar-refractivity contribution < 1.29 is 14.3 Å². The van der Waals surface area contributed by atoms with Gasteiger partial charge in [-0.15, -0.1) is 0 Å². The van der Waals surface area contributed by atoms with Crippen LogP contribution in [-0.2, 0) is 4.74 Å². The highest BCUT2D eigenvalue weighted by atomic mass is 35.5. The van der Waals surface area contributed by atoms with Crippen molar-refractivity contribution in [1.82, 2.24) is 9.78 Å². The second kappa shape index (κ2) is 8.70. The molecule has 3 rings (SSSR count). The number of carbonyl (C=O) groups excluding carboxylic acids is 1. The third-order valence-corrected chi connectivity index (χ3v) is 4.15. The molecule has 0 saturated carbocycles. The molecule has 0 fully saturated rings. The minimum absolute atomic E-state index is 0.237. The van der Waals surface area contributed by atoms with Gasteiger partial charge in [-0.2, -0.15) is 5.10 Å². The van der Waals surface area contributed by atoms with E-state index in [4.69, 9.17) is 21.1 Å². The van der Waals surface area contributed by atoms with E-state index in [0.717, 1.165) is 22.7 Å². The summed E-state index contributed by atoms with van der Waals surface area (Å²) in [5.41, 5.74) is 2.86. The number of nitrogens with zero attached hydrogens (tertiary/aromatic N) is 2. The van der Waals surface area contributed by atoms with E-state index in [1.54, 1.807) is 30.1 Å². The first-order valence-electron chi connectivity index (χ1n) is 8.41. The highest BCUT2D eigenvalue weighted by Crippen LogP contribution is 2.22. The summed E-state index contributed by atoms with van der Waals surface area (Å²) in [6.45, 7) is 2.91. The van der Waals surface area contributed by atoms with Crippen LogP contribution in [0.25, 0.3) is 5.69 Å². The predicted molar refractivity (Wildman–Crippen MR) is 105 cm³/mol. The number of hydrogen-bond donors (Lipinski definition) is 1. The zero-order valence-corrected chi connectivity index (χ0v) is 15.9. The van der Waals surface area contributed by atoms with Crippen molar-refractivity contribution in [2.24, 2.45) is 0 Å². The smallest absolute Gasteiger partial charge is 0.258 e. The minimum Gasteiger partial charge on any atom is -0.491 e. The third kappa shape index (κ3) is 4.87. The highest BCUT2D eigenvalue weighted by molar-refractivity contribution is 6.30. The standard InChI is InChI=1S/C20H20ClN3O3/c1-14-10-18(27-9-8-26-2)6-7-19(14)23-20(25)15-12-22-24(13-15)17-5-3-4-16(21)11-17/h3-7,10-13H,8-9H2,1-2H3,(H,23,25). The molecule has 2 aromatic carbocycles. The molecular weight excluding hydrogens is 366 g/mol. The first kappa shape index (κ1) is 18.9. The van der Waals surface area contributed by atoms with E-state index >= 15 is 0 Å².